The molecule has 10 heteroatoms. The molecule has 3 aliphatic rings. The van der Waals surface area contributed by atoms with Gasteiger partial charge in [0.05, 0.1) is 11.6 Å². The van der Waals surface area contributed by atoms with E-state index in [1.54, 1.807) is 0 Å². The minimum Gasteiger partial charge on any atom is -0.481 e. The fraction of sp³-hybridized carbons (Fsp3) is 0.444. The molecule has 0 amide bonds. The SMILES string of the molecule is CC[N+]1=c2cc3c(cc2CCC1)=Nc1cc2c(cc1O3)N(CCCC(=O)O)C(C)(C)C=C2CS(=O)(=O)O. The maximum atomic E-state index is 11.9. The third kappa shape index (κ3) is 5.00. The maximum Gasteiger partial charge on any atom is 0.303 e. The lowest BCUT2D eigenvalue weighted by atomic mass is 9.88. The van der Waals surface area contributed by atoms with Crippen molar-refractivity contribution in [1.82, 2.24) is 4.58 Å². The predicted octanol–water partition coefficient (Wildman–Crippen LogP) is 2.94. The van der Waals surface area contributed by atoms with Crippen molar-refractivity contribution < 1.29 is 27.6 Å². The number of ether oxygens (including phenoxy) is 1. The summed E-state index contributed by atoms with van der Waals surface area (Å²) >= 11 is 0. The van der Waals surface area contributed by atoms with E-state index >= 15 is 0 Å². The standard InChI is InChI=1S/C27H31N3O6S/c1-4-29-9-5-7-17-11-20-24(13-22(17)29)36-25-14-23-19(12-21(25)28-20)18(16-37(33,34)35)15-27(2,3)30(23)10-6-8-26(31)32/h11-15H,4-10,16H2,1-3H3,(H-,31,32,33,34,35)/p+1. The molecule has 3 aliphatic heterocycles. The van der Waals surface area contributed by atoms with Crippen molar-refractivity contribution in [2.75, 3.05) is 30.3 Å². The van der Waals surface area contributed by atoms with Gasteiger partial charge < -0.3 is 14.7 Å². The summed E-state index contributed by atoms with van der Waals surface area (Å²) in [5, 5.41) is 11.0. The Morgan fingerprint density at radius 2 is 2.00 bits per heavy atom. The van der Waals surface area contributed by atoms with E-state index in [4.69, 9.17) is 14.8 Å². The summed E-state index contributed by atoms with van der Waals surface area (Å²) in [6, 6.07) is 7.79. The van der Waals surface area contributed by atoms with Crippen LogP contribution in [0.1, 0.15) is 51.2 Å². The predicted molar refractivity (Wildman–Crippen MR) is 141 cm³/mol. The molecule has 0 spiro atoms. The first-order chi connectivity index (χ1) is 17.4. The zero-order chi connectivity index (χ0) is 26.5. The van der Waals surface area contributed by atoms with E-state index in [0.29, 0.717) is 41.3 Å². The zero-order valence-electron chi connectivity index (χ0n) is 21.3. The van der Waals surface area contributed by atoms with Crippen LogP contribution in [0.3, 0.4) is 0 Å². The van der Waals surface area contributed by atoms with Crippen molar-refractivity contribution in [3.05, 3.63) is 52.2 Å². The number of hydrogen-bond acceptors (Lipinski definition) is 6. The first kappa shape index (κ1) is 25.4. The van der Waals surface area contributed by atoms with Gasteiger partial charge in [0.25, 0.3) is 10.1 Å². The number of fused-ring (bicyclic) bond motifs is 4. The number of carboxylic acid groups (broad SMARTS) is 1. The Hall–Kier alpha value is -3.24. The van der Waals surface area contributed by atoms with E-state index < -0.39 is 27.4 Å². The average molecular weight is 527 g/mol. The second-order valence-electron chi connectivity index (χ2n) is 10.4. The minimum absolute atomic E-state index is 0.0205. The smallest absolute Gasteiger partial charge is 0.303 e. The summed E-state index contributed by atoms with van der Waals surface area (Å²) < 4.78 is 42.1. The Bertz CT molecular complexity index is 1560. The van der Waals surface area contributed by atoms with Gasteiger partial charge in [-0.25, -0.2) is 9.57 Å². The highest BCUT2D eigenvalue weighted by Gasteiger charge is 2.35. The van der Waals surface area contributed by atoms with Crippen molar-refractivity contribution in [3.63, 3.8) is 0 Å². The normalized spacial score (nSPS) is 17.5. The third-order valence-electron chi connectivity index (χ3n) is 7.27. The monoisotopic (exact) mass is 526 g/mol. The molecule has 0 bridgehead atoms. The van der Waals surface area contributed by atoms with Crippen LogP contribution in [0.15, 0.2) is 35.3 Å². The number of aryl methyl sites for hydroxylation is 1. The Morgan fingerprint density at radius 3 is 2.70 bits per heavy atom. The number of anilines is 1. The maximum absolute atomic E-state index is 11.9. The van der Waals surface area contributed by atoms with E-state index in [1.807, 2.05) is 32.1 Å². The summed E-state index contributed by atoms with van der Waals surface area (Å²) in [5.41, 5.74) is 3.04. The van der Waals surface area contributed by atoms with Crippen LogP contribution in [-0.4, -0.2) is 55.0 Å². The summed E-state index contributed by atoms with van der Waals surface area (Å²) in [7, 11) is -4.28. The molecule has 2 N–H and O–H groups in total. The number of aliphatic carboxylic acids is 1. The second-order valence-corrected chi connectivity index (χ2v) is 11.8. The van der Waals surface area contributed by atoms with Gasteiger partial charge >= 0.3 is 5.97 Å². The fourth-order valence-corrected chi connectivity index (χ4v) is 6.27. The third-order valence-corrected chi connectivity index (χ3v) is 7.94. The molecule has 9 nitrogen and oxygen atoms in total. The Morgan fingerprint density at radius 1 is 1.22 bits per heavy atom. The molecule has 5 rings (SSSR count). The second kappa shape index (κ2) is 9.25. The van der Waals surface area contributed by atoms with Gasteiger partial charge in [-0.1, -0.05) is 6.08 Å². The van der Waals surface area contributed by atoms with Crippen molar-refractivity contribution >= 4 is 33.0 Å². The van der Waals surface area contributed by atoms with E-state index in [-0.39, 0.29) is 6.42 Å². The number of carboxylic acids is 1. The molecule has 3 heterocycles. The van der Waals surface area contributed by atoms with Crippen LogP contribution < -0.4 is 24.9 Å². The number of nitrogens with zero attached hydrogens (tertiary/aromatic N) is 3. The molecule has 0 unspecified atom stereocenters. The number of benzene rings is 2. The quantitative estimate of drug-likeness (QED) is 0.359. The lowest BCUT2D eigenvalue weighted by Crippen LogP contribution is -2.46. The van der Waals surface area contributed by atoms with Gasteiger partial charge in [0.1, 0.15) is 29.9 Å². The topological polar surface area (TPSA) is 120 Å². The van der Waals surface area contributed by atoms with Gasteiger partial charge in [-0.3, -0.25) is 9.35 Å². The summed E-state index contributed by atoms with van der Waals surface area (Å²) in [6.07, 6.45) is 4.33. The Kier molecular flexibility index (Phi) is 6.35. The van der Waals surface area contributed by atoms with Crippen molar-refractivity contribution in [1.29, 1.82) is 0 Å². The van der Waals surface area contributed by atoms with Gasteiger partial charge in [-0.2, -0.15) is 8.42 Å². The molecule has 37 heavy (non-hydrogen) atoms. The molecule has 2 aromatic rings. The molecule has 0 aliphatic carbocycles. The van der Waals surface area contributed by atoms with Crippen LogP contribution in [0.4, 0.5) is 11.4 Å². The van der Waals surface area contributed by atoms with Crippen molar-refractivity contribution in [2.24, 2.45) is 4.99 Å². The van der Waals surface area contributed by atoms with E-state index in [1.165, 1.54) is 10.9 Å². The fourth-order valence-electron chi connectivity index (χ4n) is 5.63. The van der Waals surface area contributed by atoms with Crippen LogP contribution in [0, 0.1) is 0 Å². The highest BCUT2D eigenvalue weighted by molar-refractivity contribution is 7.86. The molecule has 0 atom stereocenters. The largest absolute Gasteiger partial charge is 0.481 e. The van der Waals surface area contributed by atoms with Crippen LogP contribution in [-0.2, 0) is 21.3 Å². The Balaban J connectivity index is 1.65. The summed E-state index contributed by atoms with van der Waals surface area (Å²) in [6.45, 7) is 8.38. The van der Waals surface area contributed by atoms with Gasteiger partial charge in [0, 0.05) is 42.3 Å². The molecule has 196 valence electrons. The van der Waals surface area contributed by atoms with E-state index in [0.717, 1.165) is 37.0 Å². The van der Waals surface area contributed by atoms with E-state index in [2.05, 4.69) is 28.5 Å². The van der Waals surface area contributed by atoms with Crippen LogP contribution >= 0.6 is 0 Å². The molecule has 0 saturated heterocycles. The summed E-state index contributed by atoms with van der Waals surface area (Å²) in [5.74, 6) is -0.167. The van der Waals surface area contributed by atoms with Gasteiger partial charge in [0.15, 0.2) is 11.5 Å². The van der Waals surface area contributed by atoms with Crippen LogP contribution in [0.5, 0.6) is 11.5 Å². The van der Waals surface area contributed by atoms with Gasteiger partial charge in [-0.05, 0) is 51.3 Å². The zero-order valence-corrected chi connectivity index (χ0v) is 22.1. The Labute approximate surface area is 216 Å². The number of hydrogen-bond donors (Lipinski definition) is 2. The molecule has 0 radical (unpaired) electrons. The van der Waals surface area contributed by atoms with Gasteiger partial charge in [0.2, 0.25) is 5.36 Å². The molecule has 2 aromatic carbocycles. The van der Waals surface area contributed by atoms with Crippen molar-refractivity contribution in [3.8, 4) is 11.5 Å². The molecule has 0 saturated carbocycles. The van der Waals surface area contributed by atoms with Crippen LogP contribution in [0.2, 0.25) is 0 Å². The summed E-state index contributed by atoms with van der Waals surface area (Å²) in [4.78, 5) is 18.1. The van der Waals surface area contributed by atoms with Crippen molar-refractivity contribution in [2.45, 2.75) is 52.0 Å². The molecular weight excluding hydrogens is 494 g/mol. The van der Waals surface area contributed by atoms with Crippen LogP contribution in [0.25, 0.3) is 5.57 Å². The number of rotatable bonds is 7. The lowest BCUT2D eigenvalue weighted by Gasteiger charge is -2.44. The lowest BCUT2D eigenvalue weighted by molar-refractivity contribution is -0.137. The van der Waals surface area contributed by atoms with Gasteiger partial charge in [-0.15, -0.1) is 0 Å². The average Bonchev–Trinajstić information content (AvgIpc) is 2.80. The first-order valence-corrected chi connectivity index (χ1v) is 14.2. The minimum atomic E-state index is -4.28. The highest BCUT2D eigenvalue weighted by atomic mass is 32.2. The first-order valence-electron chi connectivity index (χ1n) is 12.6. The molecule has 0 aromatic heterocycles. The molecule has 0 fully saturated rings. The highest BCUT2D eigenvalue weighted by Crippen LogP contribution is 2.46. The van der Waals surface area contributed by atoms with E-state index in [9.17, 15) is 17.8 Å². The number of carbonyl (C=O) groups is 1. The molecular formula is C27H32N3O6S+.